The van der Waals surface area contributed by atoms with Crippen LogP contribution in [0.2, 0.25) is 0 Å². The van der Waals surface area contributed by atoms with Crippen molar-refractivity contribution in [3.63, 3.8) is 0 Å². The van der Waals surface area contributed by atoms with Crippen LogP contribution in [0, 0.1) is 5.41 Å². The molecule has 3 nitrogen and oxygen atoms in total. The maximum Gasteiger partial charge on any atom is 0.122 e. The van der Waals surface area contributed by atoms with Gasteiger partial charge in [-0.1, -0.05) is 42.4 Å². The van der Waals surface area contributed by atoms with Crippen molar-refractivity contribution in [1.82, 2.24) is 4.90 Å². The zero-order valence-corrected chi connectivity index (χ0v) is 15.3. The van der Waals surface area contributed by atoms with Crippen LogP contribution in [0.25, 0.3) is 0 Å². The van der Waals surface area contributed by atoms with Gasteiger partial charge in [0.2, 0.25) is 0 Å². The molecule has 2 aromatic carbocycles. The second-order valence-corrected chi connectivity index (χ2v) is 8.24. The minimum absolute atomic E-state index is 0.119. The molecular formula is C21H25N3S. The summed E-state index contributed by atoms with van der Waals surface area (Å²) in [6, 6.07) is 18.5. The Morgan fingerprint density at radius 2 is 1.60 bits per heavy atom. The van der Waals surface area contributed by atoms with Crippen molar-refractivity contribution in [1.29, 1.82) is 5.41 Å². The minimum atomic E-state index is 0.119. The molecule has 0 amide bonds. The molecule has 0 aliphatic carbocycles. The van der Waals surface area contributed by atoms with Crippen molar-refractivity contribution in [2.45, 2.75) is 54.0 Å². The maximum atomic E-state index is 7.46. The van der Waals surface area contributed by atoms with E-state index in [-0.39, 0.29) is 5.84 Å². The van der Waals surface area contributed by atoms with E-state index in [1.807, 2.05) is 24.3 Å². The van der Waals surface area contributed by atoms with Gasteiger partial charge in [0, 0.05) is 27.4 Å². The number of rotatable bonds is 4. The molecule has 0 spiro atoms. The standard InChI is InChI=1S/C21H25N3S/c22-21(23)16-6-11-19(12-7-16)25-18-9-4-15(5-10-18)20-13-8-17-3-1-2-14-24(17)20/h4-7,9-12,17,20H,1-3,8,13-14H2,(H3,22,23)/t17-,20-/m1/s1. The van der Waals surface area contributed by atoms with Crippen LogP contribution in [-0.4, -0.2) is 23.3 Å². The predicted octanol–water partition coefficient (Wildman–Crippen LogP) is 4.81. The molecule has 25 heavy (non-hydrogen) atoms. The fourth-order valence-electron chi connectivity index (χ4n) is 4.21. The Morgan fingerprint density at radius 3 is 2.28 bits per heavy atom. The SMILES string of the molecule is N=C(N)c1ccc(Sc2ccc([C@H]3CC[C@H]4CCCCN43)cc2)cc1. The summed E-state index contributed by atoms with van der Waals surface area (Å²) in [5, 5.41) is 7.46. The van der Waals surface area contributed by atoms with Crippen molar-refractivity contribution in [2.24, 2.45) is 5.73 Å². The first-order valence-corrected chi connectivity index (χ1v) is 10.0. The third kappa shape index (κ3) is 3.60. The second-order valence-electron chi connectivity index (χ2n) is 7.09. The number of hydrogen-bond acceptors (Lipinski definition) is 3. The third-order valence-corrected chi connectivity index (χ3v) is 6.53. The van der Waals surface area contributed by atoms with Crippen LogP contribution in [0.3, 0.4) is 0 Å². The number of fused-ring (bicyclic) bond motifs is 1. The second kappa shape index (κ2) is 7.22. The summed E-state index contributed by atoms with van der Waals surface area (Å²) in [7, 11) is 0. The van der Waals surface area contributed by atoms with Crippen LogP contribution in [0.15, 0.2) is 58.3 Å². The summed E-state index contributed by atoms with van der Waals surface area (Å²) in [4.78, 5) is 5.17. The van der Waals surface area contributed by atoms with Crippen LogP contribution in [-0.2, 0) is 0 Å². The van der Waals surface area contributed by atoms with Gasteiger partial charge >= 0.3 is 0 Å². The number of amidine groups is 1. The van der Waals surface area contributed by atoms with E-state index < -0.39 is 0 Å². The molecule has 4 rings (SSSR count). The summed E-state index contributed by atoms with van der Waals surface area (Å²) < 4.78 is 0. The third-order valence-electron chi connectivity index (χ3n) is 5.51. The molecule has 2 aromatic rings. The van der Waals surface area contributed by atoms with Crippen LogP contribution in [0.4, 0.5) is 0 Å². The fraction of sp³-hybridized carbons (Fsp3) is 0.381. The molecule has 0 saturated carbocycles. The highest BCUT2D eigenvalue weighted by Gasteiger charge is 2.35. The van der Waals surface area contributed by atoms with E-state index in [0.717, 1.165) is 11.6 Å². The highest BCUT2D eigenvalue weighted by molar-refractivity contribution is 7.99. The maximum absolute atomic E-state index is 7.46. The Hall–Kier alpha value is -1.78. The molecule has 2 heterocycles. The van der Waals surface area contributed by atoms with Crippen LogP contribution in [0.1, 0.15) is 49.3 Å². The molecule has 2 saturated heterocycles. The molecule has 0 bridgehead atoms. The monoisotopic (exact) mass is 351 g/mol. The number of nitrogens with two attached hydrogens (primary N) is 1. The zero-order chi connectivity index (χ0) is 17.2. The summed E-state index contributed by atoms with van der Waals surface area (Å²) in [5.74, 6) is 0.119. The Balaban J connectivity index is 1.44. The van der Waals surface area contributed by atoms with Gasteiger partial charge in [-0.3, -0.25) is 10.3 Å². The van der Waals surface area contributed by atoms with Gasteiger partial charge in [0.15, 0.2) is 0 Å². The molecule has 3 N–H and O–H groups in total. The molecule has 2 aliphatic heterocycles. The van der Waals surface area contributed by atoms with E-state index in [0.29, 0.717) is 6.04 Å². The van der Waals surface area contributed by atoms with Crippen LogP contribution in [0.5, 0.6) is 0 Å². The molecule has 0 unspecified atom stereocenters. The highest BCUT2D eigenvalue weighted by Crippen LogP contribution is 2.40. The average Bonchev–Trinajstić information content (AvgIpc) is 3.07. The van der Waals surface area contributed by atoms with Crippen molar-refractivity contribution in [3.8, 4) is 0 Å². The first-order chi connectivity index (χ1) is 12.2. The predicted molar refractivity (Wildman–Crippen MR) is 104 cm³/mol. The van der Waals surface area contributed by atoms with Gasteiger partial charge in [0.1, 0.15) is 5.84 Å². The number of nitrogen functional groups attached to an aromatic ring is 1. The number of nitrogens with one attached hydrogen (secondary N) is 1. The Kier molecular flexibility index (Phi) is 4.82. The normalized spacial score (nSPS) is 23.4. The average molecular weight is 352 g/mol. The van der Waals surface area contributed by atoms with Crippen molar-refractivity contribution >= 4 is 17.6 Å². The van der Waals surface area contributed by atoms with Crippen molar-refractivity contribution in [2.75, 3.05) is 6.54 Å². The lowest BCUT2D eigenvalue weighted by Gasteiger charge is -2.34. The quantitative estimate of drug-likeness (QED) is 0.614. The smallest absolute Gasteiger partial charge is 0.122 e. The topological polar surface area (TPSA) is 53.1 Å². The van der Waals surface area contributed by atoms with E-state index in [1.54, 1.807) is 11.8 Å². The van der Waals surface area contributed by atoms with Gasteiger partial charge in [-0.2, -0.15) is 0 Å². The zero-order valence-electron chi connectivity index (χ0n) is 14.4. The molecule has 4 heteroatoms. The van der Waals surface area contributed by atoms with Gasteiger partial charge in [-0.15, -0.1) is 0 Å². The van der Waals surface area contributed by atoms with Gasteiger partial charge in [-0.05, 0) is 62.1 Å². The first kappa shape index (κ1) is 16.7. The number of piperidine rings is 1. The van der Waals surface area contributed by atoms with E-state index in [1.165, 1.54) is 54.0 Å². The summed E-state index contributed by atoms with van der Waals surface area (Å²) in [5.41, 5.74) is 7.76. The minimum Gasteiger partial charge on any atom is -0.384 e. The molecule has 130 valence electrons. The lowest BCUT2D eigenvalue weighted by Crippen LogP contribution is -2.35. The molecule has 2 aliphatic rings. The van der Waals surface area contributed by atoms with Crippen molar-refractivity contribution in [3.05, 3.63) is 59.7 Å². The Bertz CT molecular complexity index is 739. The highest BCUT2D eigenvalue weighted by atomic mass is 32.2. The largest absolute Gasteiger partial charge is 0.384 e. The van der Waals surface area contributed by atoms with Gasteiger partial charge in [0.25, 0.3) is 0 Å². The van der Waals surface area contributed by atoms with E-state index in [2.05, 4.69) is 29.2 Å². The molecular weight excluding hydrogens is 326 g/mol. The van der Waals surface area contributed by atoms with Crippen LogP contribution < -0.4 is 5.73 Å². The van der Waals surface area contributed by atoms with E-state index in [9.17, 15) is 0 Å². The molecule has 0 radical (unpaired) electrons. The number of hydrogen-bond donors (Lipinski definition) is 2. The lowest BCUT2D eigenvalue weighted by molar-refractivity contribution is 0.150. The van der Waals surface area contributed by atoms with Gasteiger partial charge < -0.3 is 5.73 Å². The first-order valence-electron chi connectivity index (χ1n) is 9.19. The van der Waals surface area contributed by atoms with Gasteiger partial charge in [-0.25, -0.2) is 0 Å². The van der Waals surface area contributed by atoms with Crippen LogP contribution >= 0.6 is 11.8 Å². The van der Waals surface area contributed by atoms with E-state index >= 15 is 0 Å². The summed E-state index contributed by atoms with van der Waals surface area (Å²) in [6.07, 6.45) is 6.83. The van der Waals surface area contributed by atoms with Gasteiger partial charge in [0.05, 0.1) is 0 Å². The fourth-order valence-corrected chi connectivity index (χ4v) is 5.03. The molecule has 0 aromatic heterocycles. The number of benzene rings is 2. The lowest BCUT2D eigenvalue weighted by atomic mass is 10.0. The molecule has 2 fully saturated rings. The summed E-state index contributed by atoms with van der Waals surface area (Å²) >= 11 is 1.76. The molecule has 2 atom stereocenters. The number of nitrogens with zero attached hydrogens (tertiary/aromatic N) is 1. The van der Waals surface area contributed by atoms with Crippen molar-refractivity contribution < 1.29 is 0 Å². The Morgan fingerprint density at radius 1 is 0.920 bits per heavy atom. The summed E-state index contributed by atoms with van der Waals surface area (Å²) in [6.45, 7) is 1.27. The Labute approximate surface area is 154 Å². The van der Waals surface area contributed by atoms with E-state index in [4.69, 9.17) is 11.1 Å².